The molecular formula is C28H43NO8. The summed E-state index contributed by atoms with van der Waals surface area (Å²) in [6.07, 6.45) is 9.09. The normalized spacial score (nSPS) is 39.2. The number of carbonyl (C=O) groups is 2. The van der Waals surface area contributed by atoms with Crippen LogP contribution < -0.4 is 5.32 Å². The summed E-state index contributed by atoms with van der Waals surface area (Å²) in [5, 5.41) is 13.7. The number of amides is 1. The lowest BCUT2D eigenvalue weighted by atomic mass is 9.87. The molecule has 37 heavy (non-hydrogen) atoms. The molecule has 0 radical (unpaired) electrons. The molecule has 0 aromatic heterocycles. The lowest BCUT2D eigenvalue weighted by Gasteiger charge is -2.42. The maximum absolute atomic E-state index is 12.3. The van der Waals surface area contributed by atoms with Crippen LogP contribution in [0, 0.1) is 5.92 Å². The molecule has 0 aromatic rings. The zero-order chi connectivity index (χ0) is 27.4. The van der Waals surface area contributed by atoms with Crippen molar-refractivity contribution in [1.29, 1.82) is 0 Å². The summed E-state index contributed by atoms with van der Waals surface area (Å²) in [6.45, 7) is 11.5. The average molecular weight is 522 g/mol. The number of hydrogen-bond donors (Lipinski definition) is 2. The van der Waals surface area contributed by atoms with E-state index in [-0.39, 0.29) is 36.0 Å². The molecule has 1 amide bonds. The van der Waals surface area contributed by atoms with Gasteiger partial charge in [0.2, 0.25) is 5.91 Å². The topological polar surface area (TPSA) is 116 Å². The van der Waals surface area contributed by atoms with E-state index in [2.05, 4.69) is 18.3 Å². The first-order valence-electron chi connectivity index (χ1n) is 13.1. The first kappa shape index (κ1) is 29.5. The summed E-state index contributed by atoms with van der Waals surface area (Å²) in [4.78, 5) is 23.3. The average Bonchev–Trinajstić information content (AvgIpc) is 3.59. The molecular weight excluding hydrogens is 478 g/mol. The van der Waals surface area contributed by atoms with Crippen molar-refractivity contribution in [2.45, 2.75) is 109 Å². The minimum absolute atomic E-state index is 0.0301. The molecule has 3 fully saturated rings. The second-order valence-corrected chi connectivity index (χ2v) is 10.8. The van der Waals surface area contributed by atoms with Gasteiger partial charge in [0.05, 0.1) is 24.9 Å². The van der Waals surface area contributed by atoms with Crippen molar-refractivity contribution in [2.75, 3.05) is 13.7 Å². The van der Waals surface area contributed by atoms with Crippen LogP contribution in [0.3, 0.4) is 0 Å². The summed E-state index contributed by atoms with van der Waals surface area (Å²) in [7, 11) is 1.60. The van der Waals surface area contributed by atoms with E-state index in [1.54, 1.807) is 20.1 Å². The Balaban J connectivity index is 1.50. The largest absolute Gasteiger partial charge is 0.459 e. The van der Waals surface area contributed by atoms with Crippen LogP contribution in [0.1, 0.15) is 60.8 Å². The number of epoxide rings is 1. The standard InChI is InChI=1S/C28H43NO8/c1-17(9-12-24-26(32)28(16-34-28)15-27(6,33-7)37-24)8-11-23-18(2)14-22(20(4)36-23)29-25(31)13-10-19(3)35-21(5)30/h8-10,12-13,18-20,22-24,26,32H,11,14-16H2,1-7H3,(H,29,31)/b12-9+,13-10-,17-8+/t18-,19-,20?,22+,23-,24?,26-,27-,28-/m0/s1. The van der Waals surface area contributed by atoms with Crippen molar-refractivity contribution in [2.24, 2.45) is 5.92 Å². The zero-order valence-electron chi connectivity index (χ0n) is 23.1. The summed E-state index contributed by atoms with van der Waals surface area (Å²) < 4.78 is 28.4. The van der Waals surface area contributed by atoms with Crippen LogP contribution in [0.4, 0.5) is 0 Å². The molecule has 0 saturated carbocycles. The molecule has 3 aliphatic heterocycles. The van der Waals surface area contributed by atoms with Gasteiger partial charge in [0.25, 0.3) is 0 Å². The number of methoxy groups -OCH3 is 1. The summed E-state index contributed by atoms with van der Waals surface area (Å²) in [5.74, 6) is -1.18. The monoisotopic (exact) mass is 521 g/mol. The number of aliphatic hydroxyl groups excluding tert-OH is 1. The Morgan fingerprint density at radius 3 is 2.57 bits per heavy atom. The molecule has 3 saturated heterocycles. The van der Waals surface area contributed by atoms with Crippen LogP contribution in [0.15, 0.2) is 36.0 Å². The summed E-state index contributed by atoms with van der Waals surface area (Å²) >= 11 is 0. The number of carbonyl (C=O) groups excluding carboxylic acids is 2. The number of hydrogen-bond acceptors (Lipinski definition) is 8. The van der Waals surface area contributed by atoms with Crippen LogP contribution in [0.2, 0.25) is 0 Å². The van der Waals surface area contributed by atoms with Gasteiger partial charge in [0.1, 0.15) is 23.9 Å². The van der Waals surface area contributed by atoms with Gasteiger partial charge in [-0.15, -0.1) is 0 Å². The second-order valence-electron chi connectivity index (χ2n) is 10.8. The van der Waals surface area contributed by atoms with Crippen molar-refractivity contribution in [3.05, 3.63) is 36.0 Å². The van der Waals surface area contributed by atoms with Crippen LogP contribution >= 0.6 is 0 Å². The lowest BCUT2D eigenvalue weighted by molar-refractivity contribution is -0.284. The Kier molecular flexibility index (Phi) is 9.74. The fourth-order valence-electron chi connectivity index (χ4n) is 5.06. The maximum Gasteiger partial charge on any atom is 0.303 e. The molecule has 0 aromatic carbocycles. The van der Waals surface area contributed by atoms with E-state index >= 15 is 0 Å². The number of aliphatic hydroxyl groups is 1. The van der Waals surface area contributed by atoms with Gasteiger partial charge >= 0.3 is 5.97 Å². The highest BCUT2D eigenvalue weighted by Gasteiger charge is 2.61. The number of esters is 1. The van der Waals surface area contributed by atoms with Crippen molar-refractivity contribution in [1.82, 2.24) is 5.32 Å². The zero-order valence-corrected chi connectivity index (χ0v) is 23.1. The Morgan fingerprint density at radius 1 is 1.24 bits per heavy atom. The fraction of sp³-hybridized carbons (Fsp3) is 0.714. The van der Waals surface area contributed by atoms with Crippen molar-refractivity contribution in [3.63, 3.8) is 0 Å². The maximum atomic E-state index is 12.3. The molecule has 9 atom stereocenters. The highest BCUT2D eigenvalue weighted by molar-refractivity contribution is 5.87. The van der Waals surface area contributed by atoms with Gasteiger partial charge in [-0.3, -0.25) is 9.59 Å². The highest BCUT2D eigenvalue weighted by Crippen LogP contribution is 2.46. The van der Waals surface area contributed by atoms with Gasteiger partial charge in [-0.25, -0.2) is 0 Å². The SMILES string of the molecule is CO[C@]1(C)C[C@]2(CO2)[C@@H](O)C(/C=C/C(C)=C/C[C@@H]2OC(C)[C@H](NC(=O)/C=C\[C@H](C)OC(C)=O)C[C@@H]2C)O1. The van der Waals surface area contributed by atoms with Gasteiger partial charge in [0.15, 0.2) is 5.79 Å². The van der Waals surface area contributed by atoms with E-state index in [4.69, 9.17) is 23.7 Å². The molecule has 2 N–H and O–H groups in total. The van der Waals surface area contributed by atoms with Crippen molar-refractivity contribution < 1.29 is 38.4 Å². The Morgan fingerprint density at radius 2 is 1.95 bits per heavy atom. The second kappa shape index (κ2) is 12.2. The van der Waals surface area contributed by atoms with Crippen LogP contribution in [-0.2, 0) is 33.3 Å². The third-order valence-corrected chi connectivity index (χ3v) is 7.44. The Hall–Kier alpha value is -2.04. The molecule has 1 spiro atoms. The van der Waals surface area contributed by atoms with Gasteiger partial charge < -0.3 is 34.1 Å². The first-order valence-corrected chi connectivity index (χ1v) is 13.1. The van der Waals surface area contributed by atoms with E-state index in [0.717, 1.165) is 18.4 Å². The minimum atomic E-state index is -0.799. The molecule has 2 unspecified atom stereocenters. The van der Waals surface area contributed by atoms with E-state index in [1.807, 2.05) is 32.9 Å². The van der Waals surface area contributed by atoms with E-state index in [9.17, 15) is 14.7 Å². The molecule has 3 aliphatic rings. The van der Waals surface area contributed by atoms with Gasteiger partial charge in [-0.05, 0) is 52.5 Å². The Bertz CT molecular complexity index is 910. The predicted molar refractivity (Wildman–Crippen MR) is 138 cm³/mol. The highest BCUT2D eigenvalue weighted by atomic mass is 16.7. The van der Waals surface area contributed by atoms with Gasteiger partial charge in [-0.1, -0.05) is 30.7 Å². The van der Waals surface area contributed by atoms with Crippen molar-refractivity contribution in [3.8, 4) is 0 Å². The third kappa shape index (κ3) is 7.97. The minimum Gasteiger partial charge on any atom is -0.459 e. The van der Waals surface area contributed by atoms with Gasteiger partial charge in [-0.2, -0.15) is 0 Å². The summed E-state index contributed by atoms with van der Waals surface area (Å²) in [5.41, 5.74) is 0.455. The van der Waals surface area contributed by atoms with E-state index in [1.165, 1.54) is 13.0 Å². The molecule has 208 valence electrons. The van der Waals surface area contributed by atoms with Gasteiger partial charge in [0, 0.05) is 26.5 Å². The van der Waals surface area contributed by atoms with Crippen LogP contribution in [0.5, 0.6) is 0 Å². The molecule has 0 bridgehead atoms. The van der Waals surface area contributed by atoms with E-state index < -0.39 is 29.7 Å². The molecule has 0 aliphatic carbocycles. The smallest absolute Gasteiger partial charge is 0.303 e. The van der Waals surface area contributed by atoms with Crippen LogP contribution in [0.25, 0.3) is 0 Å². The molecule has 3 heterocycles. The fourth-order valence-corrected chi connectivity index (χ4v) is 5.06. The summed E-state index contributed by atoms with van der Waals surface area (Å²) in [6, 6.07) is -0.102. The van der Waals surface area contributed by atoms with Crippen molar-refractivity contribution >= 4 is 11.9 Å². The quantitative estimate of drug-likeness (QED) is 0.206. The molecule has 3 rings (SSSR count). The first-order chi connectivity index (χ1) is 17.4. The Labute approximate surface area is 220 Å². The number of nitrogens with one attached hydrogen (secondary N) is 1. The predicted octanol–water partition coefficient (Wildman–Crippen LogP) is 2.97. The van der Waals surface area contributed by atoms with Crippen LogP contribution in [-0.4, -0.2) is 78.6 Å². The number of ether oxygens (including phenoxy) is 5. The number of rotatable bonds is 9. The number of allylic oxidation sites excluding steroid dienone is 2. The molecule has 9 nitrogen and oxygen atoms in total. The van der Waals surface area contributed by atoms with E-state index in [0.29, 0.717) is 13.0 Å². The lowest BCUT2D eigenvalue weighted by Crippen LogP contribution is -2.55. The third-order valence-electron chi connectivity index (χ3n) is 7.44. The molecule has 9 heteroatoms.